The summed E-state index contributed by atoms with van der Waals surface area (Å²) in [6.07, 6.45) is 1.52. The number of hydrogen-bond acceptors (Lipinski definition) is 3. The number of aromatic nitrogens is 2. The molecule has 0 fully saturated rings. The molecule has 0 amide bonds. The predicted octanol–water partition coefficient (Wildman–Crippen LogP) is 2.38. The minimum absolute atomic E-state index is 0.238. The van der Waals surface area contributed by atoms with Crippen LogP contribution in [0.1, 0.15) is 49.7 Å². The number of hydrogen-bond donors (Lipinski definition) is 1. The maximum atomic E-state index is 8.76. The van der Waals surface area contributed by atoms with Crippen LogP contribution in [-0.2, 0) is 7.05 Å². The Kier molecular flexibility index (Phi) is 4.71. The highest BCUT2D eigenvalue weighted by Crippen LogP contribution is 2.21. The van der Waals surface area contributed by atoms with E-state index in [0.717, 1.165) is 12.1 Å². The standard InChI is InChI=1S/C13H22N4/c1-6-12(7-8-14)15-9(2)13-10(3)16-17(5)11(13)4/h9,12,15H,6-7H2,1-5H3. The molecule has 2 atom stereocenters. The molecule has 94 valence electrons. The van der Waals surface area contributed by atoms with Crippen molar-refractivity contribution in [2.45, 2.75) is 52.6 Å². The van der Waals surface area contributed by atoms with Gasteiger partial charge in [-0.1, -0.05) is 6.92 Å². The Morgan fingerprint density at radius 3 is 2.53 bits per heavy atom. The van der Waals surface area contributed by atoms with Crippen LogP contribution < -0.4 is 5.32 Å². The highest BCUT2D eigenvalue weighted by atomic mass is 15.3. The molecule has 1 rings (SSSR count). The van der Waals surface area contributed by atoms with Crippen LogP contribution in [0.25, 0.3) is 0 Å². The van der Waals surface area contributed by atoms with Gasteiger partial charge >= 0.3 is 0 Å². The quantitative estimate of drug-likeness (QED) is 0.851. The van der Waals surface area contributed by atoms with Gasteiger partial charge in [-0.25, -0.2) is 0 Å². The average molecular weight is 234 g/mol. The molecule has 17 heavy (non-hydrogen) atoms. The van der Waals surface area contributed by atoms with Gasteiger partial charge < -0.3 is 5.32 Å². The fourth-order valence-corrected chi connectivity index (χ4v) is 2.28. The van der Waals surface area contributed by atoms with E-state index in [-0.39, 0.29) is 12.1 Å². The van der Waals surface area contributed by atoms with Crippen molar-refractivity contribution in [1.82, 2.24) is 15.1 Å². The number of nitriles is 1. The zero-order valence-corrected chi connectivity index (χ0v) is 11.4. The van der Waals surface area contributed by atoms with Gasteiger partial charge in [-0.15, -0.1) is 0 Å². The van der Waals surface area contributed by atoms with Crippen molar-refractivity contribution >= 4 is 0 Å². The zero-order chi connectivity index (χ0) is 13.0. The minimum Gasteiger partial charge on any atom is -0.306 e. The highest BCUT2D eigenvalue weighted by molar-refractivity contribution is 5.27. The van der Waals surface area contributed by atoms with Crippen molar-refractivity contribution in [3.63, 3.8) is 0 Å². The normalized spacial score (nSPS) is 14.4. The third-order valence-corrected chi connectivity index (χ3v) is 3.31. The van der Waals surface area contributed by atoms with Crippen LogP contribution in [0.2, 0.25) is 0 Å². The Hall–Kier alpha value is -1.34. The van der Waals surface area contributed by atoms with E-state index in [4.69, 9.17) is 5.26 Å². The smallest absolute Gasteiger partial charge is 0.0644 e. The summed E-state index contributed by atoms with van der Waals surface area (Å²) in [6, 6.07) is 2.72. The van der Waals surface area contributed by atoms with E-state index < -0.39 is 0 Å². The molecule has 0 aliphatic heterocycles. The Balaban J connectivity index is 2.82. The van der Waals surface area contributed by atoms with Gasteiger partial charge in [-0.3, -0.25) is 4.68 Å². The maximum absolute atomic E-state index is 8.76. The molecule has 1 aromatic heterocycles. The summed E-state index contributed by atoms with van der Waals surface area (Å²) in [5.74, 6) is 0. The summed E-state index contributed by atoms with van der Waals surface area (Å²) < 4.78 is 1.91. The van der Waals surface area contributed by atoms with Crippen molar-refractivity contribution in [1.29, 1.82) is 5.26 Å². The molecule has 1 aromatic rings. The molecule has 4 heteroatoms. The van der Waals surface area contributed by atoms with Gasteiger partial charge in [0.25, 0.3) is 0 Å². The molecule has 0 aliphatic rings. The number of nitrogens with zero attached hydrogens (tertiary/aromatic N) is 3. The topological polar surface area (TPSA) is 53.6 Å². The largest absolute Gasteiger partial charge is 0.306 e. The summed E-state index contributed by atoms with van der Waals surface area (Å²) in [5.41, 5.74) is 3.51. The van der Waals surface area contributed by atoms with Crippen molar-refractivity contribution in [3.8, 4) is 6.07 Å². The lowest BCUT2D eigenvalue weighted by Gasteiger charge is -2.20. The van der Waals surface area contributed by atoms with Crippen LogP contribution >= 0.6 is 0 Å². The Morgan fingerprint density at radius 2 is 2.12 bits per heavy atom. The van der Waals surface area contributed by atoms with Crippen LogP contribution in [0.15, 0.2) is 0 Å². The predicted molar refractivity (Wildman–Crippen MR) is 68.5 cm³/mol. The van der Waals surface area contributed by atoms with E-state index >= 15 is 0 Å². The van der Waals surface area contributed by atoms with E-state index in [1.54, 1.807) is 0 Å². The van der Waals surface area contributed by atoms with Gasteiger partial charge in [0.05, 0.1) is 18.2 Å². The third-order valence-electron chi connectivity index (χ3n) is 3.31. The molecule has 0 aromatic carbocycles. The fourth-order valence-electron chi connectivity index (χ4n) is 2.28. The van der Waals surface area contributed by atoms with E-state index in [1.165, 1.54) is 11.3 Å². The lowest BCUT2D eigenvalue weighted by molar-refractivity contribution is 0.445. The first kappa shape index (κ1) is 13.7. The Bertz CT molecular complexity index is 414. The molecule has 2 unspecified atom stereocenters. The molecular weight excluding hydrogens is 212 g/mol. The number of nitrogens with one attached hydrogen (secondary N) is 1. The van der Waals surface area contributed by atoms with Crippen molar-refractivity contribution < 1.29 is 0 Å². The highest BCUT2D eigenvalue weighted by Gasteiger charge is 2.18. The average Bonchev–Trinajstić information content (AvgIpc) is 2.52. The molecule has 0 saturated carbocycles. The van der Waals surface area contributed by atoms with E-state index in [0.29, 0.717) is 6.42 Å². The van der Waals surface area contributed by atoms with Crippen LogP contribution in [0.3, 0.4) is 0 Å². The Morgan fingerprint density at radius 1 is 1.47 bits per heavy atom. The van der Waals surface area contributed by atoms with Crippen LogP contribution in [0.5, 0.6) is 0 Å². The van der Waals surface area contributed by atoms with Crippen LogP contribution in [0, 0.1) is 25.2 Å². The van der Waals surface area contributed by atoms with Gasteiger partial charge in [0.1, 0.15) is 0 Å². The first-order valence-corrected chi connectivity index (χ1v) is 6.14. The van der Waals surface area contributed by atoms with Gasteiger partial charge in [-0.05, 0) is 27.2 Å². The Labute approximate surface area is 104 Å². The molecule has 1 N–H and O–H groups in total. The van der Waals surface area contributed by atoms with Gasteiger partial charge in [0, 0.05) is 30.4 Å². The third kappa shape index (κ3) is 3.07. The molecule has 0 bridgehead atoms. The molecule has 0 radical (unpaired) electrons. The second-order valence-corrected chi connectivity index (χ2v) is 4.56. The summed E-state index contributed by atoms with van der Waals surface area (Å²) in [4.78, 5) is 0. The molecule has 0 saturated heterocycles. The second kappa shape index (κ2) is 5.83. The lowest BCUT2D eigenvalue weighted by Crippen LogP contribution is -2.31. The SMILES string of the molecule is CCC(CC#N)NC(C)c1c(C)nn(C)c1C. The summed E-state index contributed by atoms with van der Waals surface area (Å²) in [7, 11) is 1.96. The van der Waals surface area contributed by atoms with Crippen LogP contribution in [-0.4, -0.2) is 15.8 Å². The summed E-state index contributed by atoms with van der Waals surface area (Å²) in [5, 5.41) is 16.7. The van der Waals surface area contributed by atoms with Gasteiger partial charge in [0.15, 0.2) is 0 Å². The monoisotopic (exact) mass is 234 g/mol. The second-order valence-electron chi connectivity index (χ2n) is 4.56. The van der Waals surface area contributed by atoms with E-state index in [2.05, 4.69) is 37.3 Å². The number of rotatable bonds is 5. The van der Waals surface area contributed by atoms with Crippen molar-refractivity contribution in [2.75, 3.05) is 0 Å². The molecule has 0 spiro atoms. The van der Waals surface area contributed by atoms with E-state index in [9.17, 15) is 0 Å². The summed E-state index contributed by atoms with van der Waals surface area (Å²) in [6.45, 7) is 8.35. The first-order valence-electron chi connectivity index (χ1n) is 6.14. The van der Waals surface area contributed by atoms with Gasteiger partial charge in [0.2, 0.25) is 0 Å². The molecule has 0 aliphatic carbocycles. The lowest BCUT2D eigenvalue weighted by atomic mass is 10.0. The fraction of sp³-hybridized carbons (Fsp3) is 0.692. The van der Waals surface area contributed by atoms with E-state index in [1.807, 2.05) is 18.7 Å². The first-order chi connectivity index (χ1) is 8.01. The molecule has 1 heterocycles. The van der Waals surface area contributed by atoms with Gasteiger partial charge in [-0.2, -0.15) is 10.4 Å². The molecule has 4 nitrogen and oxygen atoms in total. The van der Waals surface area contributed by atoms with Crippen molar-refractivity contribution in [3.05, 3.63) is 17.0 Å². The minimum atomic E-state index is 0.238. The zero-order valence-electron chi connectivity index (χ0n) is 11.4. The number of aryl methyl sites for hydroxylation is 2. The van der Waals surface area contributed by atoms with Crippen molar-refractivity contribution in [2.24, 2.45) is 7.05 Å². The van der Waals surface area contributed by atoms with Crippen LogP contribution in [0.4, 0.5) is 0 Å². The molecular formula is C13H22N4. The maximum Gasteiger partial charge on any atom is 0.0644 e. The summed E-state index contributed by atoms with van der Waals surface area (Å²) >= 11 is 0.